The van der Waals surface area contributed by atoms with E-state index >= 15 is 0 Å². The second kappa shape index (κ2) is 6.60. The van der Waals surface area contributed by atoms with E-state index in [4.69, 9.17) is 23.3 Å². The molecule has 5 aromatic carbocycles. The van der Waals surface area contributed by atoms with Crippen LogP contribution in [0.5, 0.6) is 0 Å². The molecule has 0 aliphatic heterocycles. The SMILES string of the molecule is [2H]c1c([2H])c([2H])c(-n2c3c([2H])c([2H])c([2H])c([2H])c3c3c([2H])c(-n4c5c([2H])c([2H])c([2H])c([2H])c5c5c([2H])c([2H])c([2H])c([2H])c54)c([2H])c([2H])c32)c([2H])c1[2H]. The third-order valence-electron chi connectivity index (χ3n) is 5.11. The minimum atomic E-state index is -0.886. The van der Waals surface area contributed by atoms with Crippen LogP contribution in [0.3, 0.4) is 0 Å². The van der Waals surface area contributed by atoms with Gasteiger partial charge in [0, 0.05) is 32.9 Å². The Morgan fingerprint density at radius 2 is 0.812 bits per heavy atom. The highest BCUT2D eigenvalue weighted by atomic mass is 15.0. The highest BCUT2D eigenvalue weighted by Gasteiger charge is 2.15. The Hall–Kier alpha value is -4.30. The van der Waals surface area contributed by atoms with E-state index in [0.717, 1.165) is 9.13 Å². The molecule has 2 aromatic heterocycles. The van der Waals surface area contributed by atoms with Crippen LogP contribution < -0.4 is 0 Å². The molecule has 0 saturated heterocycles. The fraction of sp³-hybridized carbons (Fsp3) is 0. The highest BCUT2D eigenvalue weighted by molar-refractivity contribution is 6.12. The third-order valence-corrected chi connectivity index (χ3v) is 5.11. The lowest BCUT2D eigenvalue weighted by Gasteiger charge is -2.10. The largest absolute Gasteiger partial charge is 0.309 e. The Labute approximate surface area is 213 Å². The maximum absolute atomic E-state index is 9.55. The Kier molecular flexibility index (Phi) is 1.41. The van der Waals surface area contributed by atoms with Gasteiger partial charge in [0.05, 0.1) is 49.5 Å². The predicted octanol–water partition coefficient (Wildman–Crippen LogP) is 7.88. The first-order chi connectivity index (χ1) is 24.2. The van der Waals surface area contributed by atoms with Gasteiger partial charge in [-0.25, -0.2) is 0 Å². The van der Waals surface area contributed by atoms with E-state index < -0.39 is 165 Å². The van der Waals surface area contributed by atoms with E-state index in [1.807, 2.05) is 0 Å². The number of nitrogens with zero attached hydrogens (tertiary/aromatic N) is 2. The Bertz CT molecular complexity index is 2740. The van der Waals surface area contributed by atoms with E-state index in [9.17, 15) is 4.11 Å². The van der Waals surface area contributed by atoms with Crippen LogP contribution in [-0.4, -0.2) is 9.13 Å². The normalized spacial score (nSPS) is 20.5. The second-order valence-corrected chi connectivity index (χ2v) is 6.76. The maximum atomic E-state index is 9.55. The first kappa shape index (κ1) is 6.85. The Balaban J connectivity index is 1.86. The molecule has 0 aliphatic carbocycles. The first-order valence-corrected chi connectivity index (χ1v) is 9.34. The summed E-state index contributed by atoms with van der Waals surface area (Å²) in [5, 5.41) is -1.66. The lowest BCUT2D eigenvalue weighted by molar-refractivity contribution is 1.17. The monoisotopic (exact) mass is 428 g/mol. The standard InChI is InChI=1S/C30H20N2/c1-2-10-21(11-3-1)31-29-17-9-6-14-25(29)26-20-22(18-19-30(26)31)32-27-15-7-4-12-23(27)24-13-5-8-16-28(24)32/h1-20H/i1D,2D,3D,4D,5D,6D,7D,8D,9D,10D,11D,12D,13D,14D,15D,16D,17D,18D,19D,20D. The predicted molar refractivity (Wildman–Crippen MR) is 135 cm³/mol. The summed E-state index contributed by atoms with van der Waals surface area (Å²) in [5.74, 6) is 0. The van der Waals surface area contributed by atoms with Crippen molar-refractivity contribution in [2.75, 3.05) is 0 Å². The summed E-state index contributed by atoms with van der Waals surface area (Å²) in [6.07, 6.45) is 0. The zero-order valence-corrected chi connectivity index (χ0v) is 15.9. The van der Waals surface area contributed by atoms with Crippen molar-refractivity contribution < 1.29 is 27.4 Å². The van der Waals surface area contributed by atoms with Crippen LogP contribution in [0.4, 0.5) is 0 Å². The summed E-state index contributed by atoms with van der Waals surface area (Å²) in [5.41, 5.74) is -3.25. The summed E-state index contributed by atoms with van der Waals surface area (Å²) in [4.78, 5) is 0. The van der Waals surface area contributed by atoms with Gasteiger partial charge in [0.25, 0.3) is 0 Å². The minimum absolute atomic E-state index is 0.373. The Morgan fingerprint density at radius 1 is 0.375 bits per heavy atom. The second-order valence-electron chi connectivity index (χ2n) is 6.76. The van der Waals surface area contributed by atoms with Gasteiger partial charge >= 0.3 is 0 Å². The highest BCUT2D eigenvalue weighted by Crippen LogP contribution is 2.36. The summed E-state index contributed by atoms with van der Waals surface area (Å²) >= 11 is 0. The quantitative estimate of drug-likeness (QED) is 0.265. The molecule has 0 fully saturated rings. The molecule has 0 saturated carbocycles. The lowest BCUT2D eigenvalue weighted by Crippen LogP contribution is -1.95. The molecular weight excluding hydrogens is 388 g/mol. The summed E-state index contributed by atoms with van der Waals surface area (Å²) in [7, 11) is 0. The number of hydrogen-bond donors (Lipinski definition) is 0. The summed E-state index contributed by atoms with van der Waals surface area (Å²) in [6, 6.07) is -15.7. The van der Waals surface area contributed by atoms with Gasteiger partial charge in [-0.3, -0.25) is 0 Å². The van der Waals surface area contributed by atoms with Crippen LogP contribution in [0.25, 0.3) is 55.0 Å². The van der Waals surface area contributed by atoms with Gasteiger partial charge in [-0.05, 0) is 48.3 Å². The number of aromatic nitrogens is 2. The molecule has 0 atom stereocenters. The number of fused-ring (bicyclic) bond motifs is 6. The van der Waals surface area contributed by atoms with E-state index in [-0.39, 0.29) is 10.8 Å². The van der Waals surface area contributed by atoms with Crippen LogP contribution >= 0.6 is 0 Å². The van der Waals surface area contributed by atoms with Crippen LogP contribution in [0.1, 0.15) is 27.4 Å². The molecule has 2 heteroatoms. The molecule has 0 radical (unpaired) electrons. The van der Waals surface area contributed by atoms with Crippen molar-refractivity contribution in [1.82, 2.24) is 9.13 Å². The summed E-state index contributed by atoms with van der Waals surface area (Å²) in [6.45, 7) is 0. The van der Waals surface area contributed by atoms with Crippen LogP contribution in [0.2, 0.25) is 0 Å². The average Bonchev–Trinajstić information content (AvgIpc) is 3.65. The number of benzene rings is 5. The van der Waals surface area contributed by atoms with E-state index in [2.05, 4.69) is 0 Å². The molecular formula is C30H20N2. The van der Waals surface area contributed by atoms with Crippen LogP contribution in [0.15, 0.2) is 121 Å². The fourth-order valence-corrected chi connectivity index (χ4v) is 3.84. The van der Waals surface area contributed by atoms with Crippen molar-refractivity contribution in [1.29, 1.82) is 0 Å². The van der Waals surface area contributed by atoms with Crippen molar-refractivity contribution in [3.05, 3.63) is 121 Å². The lowest BCUT2D eigenvalue weighted by atomic mass is 10.1. The van der Waals surface area contributed by atoms with Gasteiger partial charge in [-0.15, -0.1) is 0 Å². The van der Waals surface area contributed by atoms with Gasteiger partial charge in [0.15, 0.2) is 0 Å². The molecule has 0 N–H and O–H groups in total. The van der Waals surface area contributed by atoms with Crippen molar-refractivity contribution in [3.63, 3.8) is 0 Å². The average molecular weight is 429 g/mol. The molecule has 0 unspecified atom stereocenters. The molecule has 2 heterocycles. The van der Waals surface area contributed by atoms with E-state index in [1.54, 1.807) is 0 Å². The zero-order chi connectivity index (χ0) is 38.5. The molecule has 0 spiro atoms. The van der Waals surface area contributed by atoms with Gasteiger partial charge < -0.3 is 9.13 Å². The molecule has 0 aliphatic rings. The number of rotatable bonds is 2. The molecule has 150 valence electrons. The van der Waals surface area contributed by atoms with Crippen LogP contribution in [-0.2, 0) is 0 Å². The Morgan fingerprint density at radius 3 is 1.41 bits per heavy atom. The smallest absolute Gasteiger partial charge is 0.0652 e. The molecule has 0 bridgehead atoms. The topological polar surface area (TPSA) is 9.86 Å². The number of para-hydroxylation sites is 4. The molecule has 7 rings (SSSR count). The van der Waals surface area contributed by atoms with Crippen molar-refractivity contribution in [3.8, 4) is 11.4 Å². The van der Waals surface area contributed by atoms with Crippen LogP contribution in [0, 0.1) is 0 Å². The minimum Gasteiger partial charge on any atom is -0.309 e. The van der Waals surface area contributed by atoms with Gasteiger partial charge in [0.2, 0.25) is 0 Å². The molecule has 2 nitrogen and oxygen atoms in total. The third kappa shape index (κ3) is 2.35. The molecule has 7 aromatic rings. The van der Waals surface area contributed by atoms with E-state index in [1.165, 1.54) is 0 Å². The van der Waals surface area contributed by atoms with E-state index in [0.29, 0.717) is 0 Å². The molecule has 32 heavy (non-hydrogen) atoms. The van der Waals surface area contributed by atoms with Gasteiger partial charge in [-0.1, -0.05) is 72.5 Å². The molecule has 0 amide bonds. The zero-order valence-electron chi connectivity index (χ0n) is 35.9. The summed E-state index contributed by atoms with van der Waals surface area (Å²) < 4.78 is 175. The van der Waals surface area contributed by atoms with Crippen molar-refractivity contribution in [2.24, 2.45) is 0 Å². The first-order valence-electron chi connectivity index (χ1n) is 19.3. The maximum Gasteiger partial charge on any atom is 0.0652 e. The fourth-order valence-electron chi connectivity index (χ4n) is 3.84. The van der Waals surface area contributed by atoms with Gasteiger partial charge in [0.1, 0.15) is 0 Å². The van der Waals surface area contributed by atoms with Crippen molar-refractivity contribution in [2.45, 2.75) is 0 Å². The van der Waals surface area contributed by atoms with Crippen molar-refractivity contribution >= 4 is 43.6 Å². The number of hydrogen-bond acceptors (Lipinski definition) is 0. The van der Waals surface area contributed by atoms with Gasteiger partial charge in [-0.2, -0.15) is 0 Å².